The number of hydrogen-bond donors (Lipinski definition) is 0. The monoisotopic (exact) mass is 453 g/mol. The molecular formula is C33H27NO. The molecule has 0 saturated heterocycles. The number of fused-ring (bicyclic) bond motifs is 3. The van der Waals surface area contributed by atoms with Crippen LogP contribution in [-0.2, 0) is 5.41 Å². The molecule has 0 bridgehead atoms. The quantitative estimate of drug-likeness (QED) is 0.267. The van der Waals surface area contributed by atoms with E-state index in [0.717, 1.165) is 38.8 Å². The van der Waals surface area contributed by atoms with Crippen LogP contribution in [-0.4, -0.2) is 4.98 Å². The van der Waals surface area contributed by atoms with Crippen LogP contribution in [0, 0.1) is 0 Å². The van der Waals surface area contributed by atoms with Gasteiger partial charge in [-0.25, -0.2) is 0 Å². The van der Waals surface area contributed by atoms with E-state index in [1.807, 2.05) is 24.4 Å². The molecule has 0 saturated carbocycles. The molecule has 0 fully saturated rings. The summed E-state index contributed by atoms with van der Waals surface area (Å²) in [7, 11) is 0. The fraction of sp³-hybridized carbons (Fsp3) is 0.121. The standard InChI is InChI=1S/C33H27NO/c1-33(2,3)25-13-9-12-24(20-25)26-16-17-27(32-31(26)28-14-7-8-15-30(28)35-32)29-21-23(18-19-34-29)22-10-5-4-6-11-22/h4-21H,1-3H3. The van der Waals surface area contributed by atoms with Gasteiger partial charge in [-0.1, -0.05) is 99.6 Å². The summed E-state index contributed by atoms with van der Waals surface area (Å²) >= 11 is 0. The van der Waals surface area contributed by atoms with Crippen LogP contribution in [0.4, 0.5) is 0 Å². The molecule has 2 nitrogen and oxygen atoms in total. The van der Waals surface area contributed by atoms with Gasteiger partial charge >= 0.3 is 0 Å². The molecule has 6 rings (SSSR count). The van der Waals surface area contributed by atoms with Crippen molar-refractivity contribution < 1.29 is 4.42 Å². The Morgan fingerprint density at radius 3 is 2.20 bits per heavy atom. The Kier molecular flexibility index (Phi) is 5.04. The molecule has 0 N–H and O–H groups in total. The van der Waals surface area contributed by atoms with Crippen LogP contribution >= 0.6 is 0 Å². The van der Waals surface area contributed by atoms with Gasteiger partial charge in [0.1, 0.15) is 11.2 Å². The highest BCUT2D eigenvalue weighted by Gasteiger charge is 2.19. The van der Waals surface area contributed by atoms with Gasteiger partial charge < -0.3 is 4.42 Å². The van der Waals surface area contributed by atoms with Gasteiger partial charge in [0.15, 0.2) is 0 Å². The number of aromatic nitrogens is 1. The summed E-state index contributed by atoms with van der Waals surface area (Å²) in [4.78, 5) is 4.74. The summed E-state index contributed by atoms with van der Waals surface area (Å²) in [5.74, 6) is 0. The number of hydrogen-bond acceptors (Lipinski definition) is 2. The maximum absolute atomic E-state index is 6.50. The van der Waals surface area contributed by atoms with E-state index in [2.05, 4.69) is 106 Å². The van der Waals surface area contributed by atoms with Crippen molar-refractivity contribution in [3.8, 4) is 33.5 Å². The van der Waals surface area contributed by atoms with Gasteiger partial charge in [0.2, 0.25) is 0 Å². The molecule has 6 aromatic rings. The Morgan fingerprint density at radius 1 is 0.629 bits per heavy atom. The zero-order valence-corrected chi connectivity index (χ0v) is 20.2. The number of benzene rings is 4. The highest BCUT2D eigenvalue weighted by molar-refractivity contribution is 6.16. The van der Waals surface area contributed by atoms with Gasteiger partial charge in [-0.05, 0) is 57.5 Å². The number of para-hydroxylation sites is 1. The lowest BCUT2D eigenvalue weighted by molar-refractivity contribution is 0.590. The molecule has 0 atom stereocenters. The molecule has 35 heavy (non-hydrogen) atoms. The van der Waals surface area contributed by atoms with Crippen molar-refractivity contribution in [2.75, 3.05) is 0 Å². The molecule has 0 radical (unpaired) electrons. The van der Waals surface area contributed by atoms with Crippen molar-refractivity contribution in [2.45, 2.75) is 26.2 Å². The third-order valence-corrected chi connectivity index (χ3v) is 6.71. The normalized spacial score (nSPS) is 11.9. The summed E-state index contributed by atoms with van der Waals surface area (Å²) in [5.41, 5.74) is 9.77. The average Bonchev–Trinajstić information content (AvgIpc) is 3.28. The molecule has 2 aromatic heterocycles. The first-order valence-electron chi connectivity index (χ1n) is 12.1. The van der Waals surface area contributed by atoms with Gasteiger partial charge in [-0.2, -0.15) is 0 Å². The second kappa shape index (κ2) is 8.25. The second-order valence-corrected chi connectivity index (χ2v) is 10.1. The Balaban J connectivity index is 1.60. The van der Waals surface area contributed by atoms with Crippen LogP contribution in [0.2, 0.25) is 0 Å². The number of nitrogens with zero attached hydrogens (tertiary/aromatic N) is 1. The maximum Gasteiger partial charge on any atom is 0.145 e. The molecule has 0 spiro atoms. The minimum atomic E-state index is 0.0787. The zero-order chi connectivity index (χ0) is 24.0. The lowest BCUT2D eigenvalue weighted by atomic mass is 9.85. The molecule has 2 heteroatoms. The van der Waals surface area contributed by atoms with Crippen molar-refractivity contribution in [3.63, 3.8) is 0 Å². The van der Waals surface area contributed by atoms with Crippen molar-refractivity contribution in [2.24, 2.45) is 0 Å². The van der Waals surface area contributed by atoms with E-state index in [0.29, 0.717) is 0 Å². The van der Waals surface area contributed by atoms with E-state index < -0.39 is 0 Å². The first-order chi connectivity index (χ1) is 17.0. The summed E-state index contributed by atoms with van der Waals surface area (Å²) in [6.07, 6.45) is 1.88. The van der Waals surface area contributed by atoms with E-state index >= 15 is 0 Å². The molecule has 0 aliphatic heterocycles. The largest absolute Gasteiger partial charge is 0.455 e. The van der Waals surface area contributed by atoms with E-state index in [1.165, 1.54) is 22.3 Å². The minimum Gasteiger partial charge on any atom is -0.455 e. The van der Waals surface area contributed by atoms with Crippen LogP contribution in [0.1, 0.15) is 26.3 Å². The summed E-state index contributed by atoms with van der Waals surface area (Å²) in [6.45, 7) is 6.76. The molecule has 0 aliphatic rings. The lowest BCUT2D eigenvalue weighted by Crippen LogP contribution is -2.10. The number of rotatable bonds is 3. The average molecular weight is 454 g/mol. The summed E-state index contributed by atoms with van der Waals surface area (Å²) in [6, 6.07) is 36.2. The lowest BCUT2D eigenvalue weighted by Gasteiger charge is -2.20. The van der Waals surface area contributed by atoms with Crippen molar-refractivity contribution in [1.82, 2.24) is 4.98 Å². The molecule has 0 aliphatic carbocycles. The van der Waals surface area contributed by atoms with Gasteiger partial charge in [0, 0.05) is 22.5 Å². The minimum absolute atomic E-state index is 0.0787. The van der Waals surface area contributed by atoms with Crippen molar-refractivity contribution in [1.29, 1.82) is 0 Å². The summed E-state index contributed by atoms with van der Waals surface area (Å²) < 4.78 is 6.50. The highest BCUT2D eigenvalue weighted by Crippen LogP contribution is 2.42. The number of furan rings is 1. The molecule has 4 aromatic carbocycles. The molecule has 170 valence electrons. The zero-order valence-electron chi connectivity index (χ0n) is 20.2. The van der Waals surface area contributed by atoms with E-state index in [4.69, 9.17) is 9.40 Å². The van der Waals surface area contributed by atoms with E-state index in [1.54, 1.807) is 0 Å². The maximum atomic E-state index is 6.50. The fourth-order valence-corrected chi connectivity index (χ4v) is 4.81. The summed E-state index contributed by atoms with van der Waals surface area (Å²) in [5, 5.41) is 2.26. The topological polar surface area (TPSA) is 26.0 Å². The molecular weight excluding hydrogens is 426 g/mol. The van der Waals surface area contributed by atoms with Gasteiger partial charge in [-0.3, -0.25) is 4.98 Å². The van der Waals surface area contributed by atoms with Gasteiger partial charge in [-0.15, -0.1) is 0 Å². The Hall–Kier alpha value is -4.17. The third-order valence-electron chi connectivity index (χ3n) is 6.71. The molecule has 0 amide bonds. The van der Waals surface area contributed by atoms with E-state index in [9.17, 15) is 0 Å². The van der Waals surface area contributed by atoms with Crippen LogP contribution in [0.3, 0.4) is 0 Å². The van der Waals surface area contributed by atoms with E-state index in [-0.39, 0.29) is 5.41 Å². The van der Waals surface area contributed by atoms with Crippen LogP contribution in [0.25, 0.3) is 55.4 Å². The van der Waals surface area contributed by atoms with Crippen molar-refractivity contribution in [3.05, 3.63) is 115 Å². The predicted octanol–water partition coefficient (Wildman–Crippen LogP) is 9.28. The first-order valence-corrected chi connectivity index (χ1v) is 12.1. The third kappa shape index (κ3) is 3.81. The fourth-order valence-electron chi connectivity index (χ4n) is 4.81. The second-order valence-electron chi connectivity index (χ2n) is 10.1. The van der Waals surface area contributed by atoms with Crippen LogP contribution in [0.5, 0.6) is 0 Å². The van der Waals surface area contributed by atoms with Gasteiger partial charge in [0.25, 0.3) is 0 Å². The molecule has 2 heterocycles. The van der Waals surface area contributed by atoms with Crippen molar-refractivity contribution >= 4 is 21.9 Å². The smallest absolute Gasteiger partial charge is 0.145 e. The Morgan fingerprint density at radius 2 is 1.37 bits per heavy atom. The van der Waals surface area contributed by atoms with Crippen LogP contribution < -0.4 is 0 Å². The predicted molar refractivity (Wildman–Crippen MR) is 147 cm³/mol. The first kappa shape index (κ1) is 21.4. The van der Waals surface area contributed by atoms with Crippen LogP contribution in [0.15, 0.2) is 114 Å². The highest BCUT2D eigenvalue weighted by atomic mass is 16.3. The number of pyridine rings is 1. The Labute approximate surface area is 205 Å². The SMILES string of the molecule is CC(C)(C)c1cccc(-c2ccc(-c3cc(-c4ccccc4)ccn3)c3oc4ccccc4c23)c1. The van der Waals surface area contributed by atoms with Gasteiger partial charge in [0.05, 0.1) is 5.69 Å². The Bertz CT molecular complexity index is 1670. The molecule has 0 unspecified atom stereocenters.